The monoisotopic (exact) mass is 297 g/mol. The van der Waals surface area contributed by atoms with E-state index >= 15 is 0 Å². The van der Waals surface area contributed by atoms with Crippen LogP contribution in [0.5, 0.6) is 5.75 Å². The molecule has 0 bridgehead atoms. The van der Waals surface area contributed by atoms with E-state index < -0.39 is 0 Å². The normalized spacial score (nSPS) is 17.4. The minimum Gasteiger partial charge on any atom is -0.489 e. The van der Waals surface area contributed by atoms with Gasteiger partial charge in [-0.05, 0) is 30.2 Å². The van der Waals surface area contributed by atoms with Crippen LogP contribution in [0.25, 0.3) is 0 Å². The molecule has 114 valence electrons. The van der Waals surface area contributed by atoms with Crippen LogP contribution in [0.1, 0.15) is 12.5 Å². The third kappa shape index (κ3) is 3.06. The Morgan fingerprint density at radius 1 is 1.14 bits per heavy atom. The SMILES string of the molecule is CCc1ccccc1OCC1CN(c2ccccc2)C(=O)O1. The van der Waals surface area contributed by atoms with Crippen LogP contribution in [0, 0.1) is 0 Å². The lowest BCUT2D eigenvalue weighted by atomic mass is 10.1. The number of hydrogen-bond acceptors (Lipinski definition) is 3. The van der Waals surface area contributed by atoms with Crippen molar-refractivity contribution >= 4 is 11.8 Å². The van der Waals surface area contributed by atoms with E-state index in [1.807, 2.05) is 54.6 Å². The fourth-order valence-corrected chi connectivity index (χ4v) is 2.55. The minimum atomic E-state index is -0.316. The van der Waals surface area contributed by atoms with Gasteiger partial charge in [0.25, 0.3) is 0 Å². The second-order valence-electron chi connectivity index (χ2n) is 5.22. The number of hydrogen-bond donors (Lipinski definition) is 0. The number of ether oxygens (including phenoxy) is 2. The van der Waals surface area contributed by atoms with Crippen LogP contribution in [0.2, 0.25) is 0 Å². The zero-order valence-electron chi connectivity index (χ0n) is 12.6. The smallest absolute Gasteiger partial charge is 0.414 e. The average Bonchev–Trinajstić information content (AvgIpc) is 2.95. The van der Waals surface area contributed by atoms with Crippen molar-refractivity contribution in [2.75, 3.05) is 18.1 Å². The van der Waals surface area contributed by atoms with Crippen molar-refractivity contribution in [3.8, 4) is 5.75 Å². The van der Waals surface area contributed by atoms with E-state index in [1.54, 1.807) is 4.90 Å². The first-order chi connectivity index (χ1) is 10.8. The highest BCUT2D eigenvalue weighted by molar-refractivity contribution is 5.89. The summed E-state index contributed by atoms with van der Waals surface area (Å²) in [6.45, 7) is 2.97. The van der Waals surface area contributed by atoms with Gasteiger partial charge < -0.3 is 9.47 Å². The topological polar surface area (TPSA) is 38.8 Å². The molecule has 2 aromatic rings. The number of carbonyl (C=O) groups excluding carboxylic acids is 1. The molecule has 3 rings (SSSR count). The van der Waals surface area contributed by atoms with Gasteiger partial charge in [0, 0.05) is 5.69 Å². The lowest BCUT2D eigenvalue weighted by Crippen LogP contribution is -2.26. The number of cyclic esters (lactones) is 1. The maximum absolute atomic E-state index is 12.0. The zero-order chi connectivity index (χ0) is 15.4. The highest BCUT2D eigenvalue weighted by atomic mass is 16.6. The maximum atomic E-state index is 12.0. The van der Waals surface area contributed by atoms with Crippen LogP contribution in [0.15, 0.2) is 54.6 Å². The number of para-hydroxylation sites is 2. The third-order valence-electron chi connectivity index (χ3n) is 3.72. The van der Waals surface area contributed by atoms with Crippen molar-refractivity contribution in [2.45, 2.75) is 19.4 Å². The molecule has 4 nitrogen and oxygen atoms in total. The molecule has 0 aromatic heterocycles. The first kappa shape index (κ1) is 14.4. The summed E-state index contributed by atoms with van der Waals surface area (Å²) < 4.78 is 11.2. The quantitative estimate of drug-likeness (QED) is 0.845. The predicted octanol–water partition coefficient (Wildman–Crippen LogP) is 3.65. The first-order valence-corrected chi connectivity index (χ1v) is 7.52. The summed E-state index contributed by atoms with van der Waals surface area (Å²) in [5, 5.41) is 0. The van der Waals surface area contributed by atoms with Gasteiger partial charge in [-0.25, -0.2) is 4.79 Å². The summed E-state index contributed by atoms with van der Waals surface area (Å²) in [5.41, 5.74) is 2.01. The van der Waals surface area contributed by atoms with Crippen molar-refractivity contribution in [1.82, 2.24) is 0 Å². The van der Waals surface area contributed by atoms with Gasteiger partial charge in [0.1, 0.15) is 12.4 Å². The summed E-state index contributed by atoms with van der Waals surface area (Å²) in [6, 6.07) is 17.5. The number of anilines is 1. The maximum Gasteiger partial charge on any atom is 0.414 e. The van der Waals surface area contributed by atoms with Gasteiger partial charge in [-0.3, -0.25) is 4.90 Å². The Morgan fingerprint density at radius 2 is 1.86 bits per heavy atom. The molecule has 1 aliphatic heterocycles. The Labute approximate surface area is 130 Å². The first-order valence-electron chi connectivity index (χ1n) is 7.52. The third-order valence-corrected chi connectivity index (χ3v) is 3.72. The fourth-order valence-electron chi connectivity index (χ4n) is 2.55. The minimum absolute atomic E-state index is 0.252. The van der Waals surface area contributed by atoms with E-state index in [2.05, 4.69) is 6.92 Å². The Balaban J connectivity index is 1.62. The van der Waals surface area contributed by atoms with Crippen molar-refractivity contribution in [3.05, 3.63) is 60.2 Å². The number of amides is 1. The van der Waals surface area contributed by atoms with Gasteiger partial charge in [0.05, 0.1) is 6.54 Å². The fraction of sp³-hybridized carbons (Fsp3) is 0.278. The van der Waals surface area contributed by atoms with Crippen LogP contribution in [0.3, 0.4) is 0 Å². The van der Waals surface area contributed by atoms with Crippen molar-refractivity contribution in [2.24, 2.45) is 0 Å². The van der Waals surface area contributed by atoms with Gasteiger partial charge in [-0.1, -0.05) is 43.3 Å². The molecule has 1 fully saturated rings. The van der Waals surface area contributed by atoms with Gasteiger partial charge in [-0.15, -0.1) is 0 Å². The van der Waals surface area contributed by atoms with E-state index in [1.165, 1.54) is 0 Å². The highest BCUT2D eigenvalue weighted by Gasteiger charge is 2.32. The lowest BCUT2D eigenvalue weighted by molar-refractivity contribution is 0.105. The molecule has 22 heavy (non-hydrogen) atoms. The molecular weight excluding hydrogens is 278 g/mol. The lowest BCUT2D eigenvalue weighted by Gasteiger charge is -2.14. The molecule has 0 saturated carbocycles. The molecule has 0 N–H and O–H groups in total. The average molecular weight is 297 g/mol. The van der Waals surface area contributed by atoms with Gasteiger partial charge in [0.2, 0.25) is 0 Å². The van der Waals surface area contributed by atoms with Gasteiger partial charge >= 0.3 is 6.09 Å². The molecule has 1 unspecified atom stereocenters. The Kier molecular flexibility index (Phi) is 4.28. The summed E-state index contributed by atoms with van der Waals surface area (Å²) in [4.78, 5) is 13.6. The second kappa shape index (κ2) is 6.52. The molecule has 1 aliphatic rings. The summed E-state index contributed by atoms with van der Waals surface area (Å²) in [6.07, 6.45) is 0.345. The molecule has 0 radical (unpaired) electrons. The summed E-state index contributed by atoms with van der Waals surface area (Å²) >= 11 is 0. The number of carbonyl (C=O) groups is 1. The Morgan fingerprint density at radius 3 is 2.64 bits per heavy atom. The number of rotatable bonds is 5. The second-order valence-corrected chi connectivity index (χ2v) is 5.22. The van der Waals surface area contributed by atoms with Crippen LogP contribution in [-0.2, 0) is 11.2 Å². The van der Waals surface area contributed by atoms with Gasteiger partial charge in [-0.2, -0.15) is 0 Å². The van der Waals surface area contributed by atoms with Gasteiger partial charge in [0.15, 0.2) is 6.10 Å². The van der Waals surface area contributed by atoms with Crippen LogP contribution >= 0.6 is 0 Å². The molecular formula is C18H19NO3. The van der Waals surface area contributed by atoms with E-state index in [-0.39, 0.29) is 12.2 Å². The molecule has 4 heteroatoms. The van der Waals surface area contributed by atoms with Crippen molar-refractivity contribution < 1.29 is 14.3 Å². The molecule has 1 saturated heterocycles. The van der Waals surface area contributed by atoms with Crippen molar-refractivity contribution in [1.29, 1.82) is 0 Å². The standard InChI is InChI=1S/C18H19NO3/c1-2-14-8-6-7-11-17(14)21-13-16-12-19(18(20)22-16)15-9-4-3-5-10-15/h3-11,16H,2,12-13H2,1H3. The Hall–Kier alpha value is -2.49. The van der Waals surface area contributed by atoms with E-state index in [0.29, 0.717) is 13.2 Å². The highest BCUT2D eigenvalue weighted by Crippen LogP contribution is 2.23. The van der Waals surface area contributed by atoms with E-state index in [9.17, 15) is 4.79 Å². The Bertz CT molecular complexity index is 642. The zero-order valence-corrected chi connectivity index (χ0v) is 12.6. The van der Waals surface area contributed by atoms with Crippen LogP contribution in [0.4, 0.5) is 10.5 Å². The molecule has 1 amide bonds. The summed E-state index contributed by atoms with van der Waals surface area (Å²) in [7, 11) is 0. The van der Waals surface area contributed by atoms with Crippen molar-refractivity contribution in [3.63, 3.8) is 0 Å². The molecule has 0 spiro atoms. The van der Waals surface area contributed by atoms with E-state index in [4.69, 9.17) is 9.47 Å². The number of nitrogens with zero attached hydrogens (tertiary/aromatic N) is 1. The molecule has 0 aliphatic carbocycles. The van der Waals surface area contributed by atoms with E-state index in [0.717, 1.165) is 23.4 Å². The largest absolute Gasteiger partial charge is 0.489 e. The summed E-state index contributed by atoms with van der Waals surface area (Å²) in [5.74, 6) is 0.860. The molecule has 1 atom stereocenters. The predicted molar refractivity (Wildman–Crippen MR) is 85.4 cm³/mol. The van der Waals surface area contributed by atoms with Crippen LogP contribution in [-0.4, -0.2) is 25.3 Å². The number of aryl methyl sites for hydroxylation is 1. The number of benzene rings is 2. The van der Waals surface area contributed by atoms with Crippen LogP contribution < -0.4 is 9.64 Å². The molecule has 1 heterocycles. The molecule has 2 aromatic carbocycles.